The first-order valence-corrected chi connectivity index (χ1v) is 14.4. The molecule has 4 unspecified atom stereocenters. The van der Waals surface area contributed by atoms with Crippen molar-refractivity contribution in [2.24, 2.45) is 5.73 Å². The molecule has 0 aliphatic carbocycles. The third-order valence-electron chi connectivity index (χ3n) is 7.84. The second-order valence-corrected chi connectivity index (χ2v) is 10.4. The Balaban J connectivity index is 0.000000222. The highest BCUT2D eigenvalue weighted by atomic mass is 16.5. The van der Waals surface area contributed by atoms with Crippen LogP contribution in [-0.2, 0) is 23.9 Å². The van der Waals surface area contributed by atoms with Gasteiger partial charge in [0.25, 0.3) is 0 Å². The molecule has 2 aliphatic rings. The lowest BCUT2D eigenvalue weighted by molar-refractivity contribution is -0.156. The molecule has 2 fully saturated rings. The predicted molar refractivity (Wildman–Crippen MR) is 154 cm³/mol. The molecule has 4 atom stereocenters. The number of nitrogens with two attached hydrogens (primary N) is 1. The molecule has 2 aromatic carbocycles. The van der Waals surface area contributed by atoms with Crippen LogP contribution in [0.1, 0.15) is 82.3 Å². The van der Waals surface area contributed by atoms with E-state index < -0.39 is 18.0 Å². The SMILES string of the molecule is CCC(C(N)=O)N1CC(c2ccccc2)CCC1=O.CCOC(=O)C(CC)N1CC(c2ccccc2)CCC1=O. The van der Waals surface area contributed by atoms with Crippen molar-refractivity contribution >= 4 is 23.7 Å². The van der Waals surface area contributed by atoms with E-state index in [2.05, 4.69) is 24.3 Å². The van der Waals surface area contributed by atoms with Crippen LogP contribution in [0.2, 0.25) is 0 Å². The molecular formula is C32H43N3O5. The average Bonchev–Trinajstić information content (AvgIpc) is 2.97. The highest BCUT2D eigenvalue weighted by Crippen LogP contribution is 2.30. The summed E-state index contributed by atoms with van der Waals surface area (Å²) >= 11 is 0. The molecule has 0 radical (unpaired) electrons. The normalized spacial score (nSPS) is 20.7. The van der Waals surface area contributed by atoms with Gasteiger partial charge >= 0.3 is 5.97 Å². The maximum atomic E-state index is 12.2. The van der Waals surface area contributed by atoms with E-state index in [0.29, 0.717) is 57.2 Å². The number of carbonyl (C=O) groups is 4. The van der Waals surface area contributed by atoms with Crippen molar-refractivity contribution in [3.8, 4) is 0 Å². The van der Waals surface area contributed by atoms with Gasteiger partial charge in [-0.3, -0.25) is 14.4 Å². The lowest BCUT2D eigenvalue weighted by Crippen LogP contribution is -2.51. The van der Waals surface area contributed by atoms with Gasteiger partial charge in [-0.15, -0.1) is 0 Å². The fourth-order valence-corrected chi connectivity index (χ4v) is 5.67. The van der Waals surface area contributed by atoms with Crippen LogP contribution >= 0.6 is 0 Å². The van der Waals surface area contributed by atoms with Crippen LogP contribution in [0.3, 0.4) is 0 Å². The molecule has 8 nitrogen and oxygen atoms in total. The fourth-order valence-electron chi connectivity index (χ4n) is 5.67. The van der Waals surface area contributed by atoms with E-state index in [9.17, 15) is 19.2 Å². The number of likely N-dealkylation sites (tertiary alicyclic amines) is 2. The maximum Gasteiger partial charge on any atom is 0.328 e. The Morgan fingerprint density at radius 1 is 0.775 bits per heavy atom. The Bertz CT molecular complexity index is 1120. The number of esters is 1. The zero-order chi connectivity index (χ0) is 29.1. The Morgan fingerprint density at radius 2 is 1.20 bits per heavy atom. The number of primary amides is 1. The molecule has 3 amide bonds. The lowest BCUT2D eigenvalue weighted by atomic mass is 9.89. The number of amides is 3. The van der Waals surface area contributed by atoms with E-state index in [1.54, 1.807) is 16.7 Å². The molecule has 0 saturated carbocycles. The zero-order valence-electron chi connectivity index (χ0n) is 24.0. The number of ether oxygens (including phenoxy) is 1. The van der Waals surface area contributed by atoms with Crippen molar-refractivity contribution in [3.05, 3.63) is 71.8 Å². The van der Waals surface area contributed by atoms with E-state index in [0.717, 1.165) is 12.8 Å². The first-order chi connectivity index (χ1) is 19.3. The molecule has 0 bridgehead atoms. The highest BCUT2D eigenvalue weighted by molar-refractivity contribution is 5.87. The van der Waals surface area contributed by atoms with Gasteiger partial charge in [0.2, 0.25) is 17.7 Å². The van der Waals surface area contributed by atoms with Crippen molar-refractivity contribution in [1.29, 1.82) is 0 Å². The molecule has 2 N–H and O–H groups in total. The molecular weight excluding hydrogens is 506 g/mol. The van der Waals surface area contributed by atoms with Crippen molar-refractivity contribution in [2.75, 3.05) is 19.7 Å². The van der Waals surface area contributed by atoms with Gasteiger partial charge in [-0.1, -0.05) is 74.5 Å². The van der Waals surface area contributed by atoms with Gasteiger partial charge in [0.1, 0.15) is 12.1 Å². The summed E-state index contributed by atoms with van der Waals surface area (Å²) in [5.74, 6) is -0.00813. The number of hydrogen-bond acceptors (Lipinski definition) is 5. The van der Waals surface area contributed by atoms with Crippen LogP contribution in [0.15, 0.2) is 60.7 Å². The Morgan fingerprint density at radius 3 is 1.57 bits per heavy atom. The van der Waals surface area contributed by atoms with Crippen LogP contribution in [0.4, 0.5) is 0 Å². The van der Waals surface area contributed by atoms with Crippen LogP contribution in [0.5, 0.6) is 0 Å². The van der Waals surface area contributed by atoms with E-state index in [1.165, 1.54) is 11.1 Å². The third-order valence-corrected chi connectivity index (χ3v) is 7.84. The van der Waals surface area contributed by atoms with Crippen LogP contribution < -0.4 is 5.73 Å². The van der Waals surface area contributed by atoms with Crippen LogP contribution in [0, 0.1) is 0 Å². The fraction of sp³-hybridized carbons (Fsp3) is 0.500. The smallest absolute Gasteiger partial charge is 0.328 e. The number of nitrogens with zero attached hydrogens (tertiary/aromatic N) is 2. The van der Waals surface area contributed by atoms with Gasteiger partial charge in [-0.25, -0.2) is 4.79 Å². The van der Waals surface area contributed by atoms with Crippen molar-refractivity contribution < 1.29 is 23.9 Å². The van der Waals surface area contributed by atoms with Gasteiger partial charge in [0, 0.05) is 37.8 Å². The average molecular weight is 550 g/mol. The molecule has 8 heteroatoms. The second-order valence-electron chi connectivity index (χ2n) is 10.4. The third kappa shape index (κ3) is 7.93. The Kier molecular flexibility index (Phi) is 11.7. The molecule has 216 valence electrons. The molecule has 2 aromatic rings. The second kappa shape index (κ2) is 15.2. The largest absolute Gasteiger partial charge is 0.464 e. The van der Waals surface area contributed by atoms with Gasteiger partial charge in [-0.2, -0.15) is 0 Å². The van der Waals surface area contributed by atoms with Crippen LogP contribution in [0.25, 0.3) is 0 Å². The monoisotopic (exact) mass is 549 g/mol. The van der Waals surface area contributed by atoms with E-state index in [1.807, 2.05) is 50.2 Å². The maximum absolute atomic E-state index is 12.2. The summed E-state index contributed by atoms with van der Waals surface area (Å²) in [6.07, 6.45) is 3.83. The minimum Gasteiger partial charge on any atom is -0.464 e. The van der Waals surface area contributed by atoms with E-state index in [4.69, 9.17) is 10.5 Å². The van der Waals surface area contributed by atoms with Gasteiger partial charge in [0.15, 0.2) is 0 Å². The molecule has 40 heavy (non-hydrogen) atoms. The summed E-state index contributed by atoms with van der Waals surface area (Å²) in [5, 5.41) is 0. The van der Waals surface area contributed by atoms with E-state index >= 15 is 0 Å². The Labute approximate surface area is 237 Å². The summed E-state index contributed by atoms with van der Waals surface area (Å²) in [5.41, 5.74) is 7.84. The van der Waals surface area contributed by atoms with E-state index in [-0.39, 0.29) is 17.8 Å². The lowest BCUT2D eigenvalue weighted by Gasteiger charge is -2.37. The summed E-state index contributed by atoms with van der Waals surface area (Å²) in [6.45, 7) is 7.12. The molecule has 2 heterocycles. The number of rotatable bonds is 9. The highest BCUT2D eigenvalue weighted by Gasteiger charge is 2.35. The molecule has 4 rings (SSSR count). The first kappa shape index (κ1) is 30.9. The van der Waals surface area contributed by atoms with Gasteiger partial charge in [-0.05, 0) is 43.7 Å². The van der Waals surface area contributed by atoms with Gasteiger partial charge < -0.3 is 20.3 Å². The first-order valence-electron chi connectivity index (χ1n) is 14.4. The summed E-state index contributed by atoms with van der Waals surface area (Å²) in [6, 6.07) is 19.4. The molecule has 2 aliphatic heterocycles. The summed E-state index contributed by atoms with van der Waals surface area (Å²) < 4.78 is 5.10. The van der Waals surface area contributed by atoms with Gasteiger partial charge in [0.05, 0.1) is 6.61 Å². The topological polar surface area (TPSA) is 110 Å². The number of carbonyl (C=O) groups excluding carboxylic acids is 4. The number of hydrogen-bond donors (Lipinski definition) is 1. The standard InChI is InChI=1S/C17H23NO3.C15H20N2O2/c1-3-15(17(20)21-4-2)18-12-14(10-11-16(18)19)13-8-6-5-7-9-13;1-2-13(15(16)19)17-10-12(8-9-14(17)18)11-6-4-3-5-7-11/h5-9,14-15H,3-4,10-12H2,1-2H3;3-7,12-13H,2,8-10H2,1H3,(H2,16,19). The van der Waals surface area contributed by atoms with Crippen molar-refractivity contribution in [1.82, 2.24) is 9.80 Å². The molecule has 0 spiro atoms. The summed E-state index contributed by atoms with van der Waals surface area (Å²) in [4.78, 5) is 51.0. The number of piperidine rings is 2. The Hall–Kier alpha value is -3.68. The van der Waals surface area contributed by atoms with Crippen molar-refractivity contribution in [2.45, 2.75) is 83.2 Å². The quantitative estimate of drug-likeness (QED) is 0.467. The molecule has 0 aromatic heterocycles. The van der Waals surface area contributed by atoms with Crippen molar-refractivity contribution in [3.63, 3.8) is 0 Å². The summed E-state index contributed by atoms with van der Waals surface area (Å²) in [7, 11) is 0. The van der Waals surface area contributed by atoms with Crippen LogP contribution in [-0.4, -0.2) is 65.3 Å². The number of benzene rings is 2. The minimum absolute atomic E-state index is 0.0397. The molecule has 2 saturated heterocycles. The predicted octanol–water partition coefficient (Wildman–Crippen LogP) is 4.39. The zero-order valence-corrected chi connectivity index (χ0v) is 24.0. The minimum atomic E-state index is -0.473.